The molecule has 0 aromatic heterocycles. The largest absolute Gasteiger partial charge is 0.349 e. The highest BCUT2D eigenvalue weighted by Gasteiger charge is 2.27. The summed E-state index contributed by atoms with van der Waals surface area (Å²) in [6, 6.07) is 7.42. The van der Waals surface area contributed by atoms with E-state index in [4.69, 9.17) is 11.6 Å². The van der Waals surface area contributed by atoms with Crippen LogP contribution in [-0.2, 0) is 9.59 Å². The minimum absolute atomic E-state index is 0.0227. The Morgan fingerprint density at radius 2 is 1.90 bits per heavy atom. The Bertz CT molecular complexity index is 525. The van der Waals surface area contributed by atoms with Crippen LogP contribution in [0.15, 0.2) is 24.3 Å². The van der Waals surface area contributed by atoms with Gasteiger partial charge in [-0.15, -0.1) is 0 Å². The van der Waals surface area contributed by atoms with Crippen LogP contribution in [0.2, 0.25) is 5.02 Å². The SMILES string of the molecule is CC(=O)N1CCC(C(=O)NC(C)c2ccccc2Cl)CC1. The lowest BCUT2D eigenvalue weighted by Crippen LogP contribution is -2.42. The van der Waals surface area contributed by atoms with Gasteiger partial charge in [-0.05, 0) is 31.4 Å². The number of carbonyl (C=O) groups is 2. The molecule has 1 fully saturated rings. The Morgan fingerprint density at radius 1 is 1.29 bits per heavy atom. The van der Waals surface area contributed by atoms with E-state index >= 15 is 0 Å². The lowest BCUT2D eigenvalue weighted by Gasteiger charge is -2.31. The first-order valence-corrected chi connectivity index (χ1v) is 7.67. The summed E-state index contributed by atoms with van der Waals surface area (Å²) in [4.78, 5) is 25.4. The van der Waals surface area contributed by atoms with Crippen LogP contribution in [0.25, 0.3) is 0 Å². The van der Waals surface area contributed by atoms with E-state index in [2.05, 4.69) is 5.32 Å². The third-order valence-electron chi connectivity index (χ3n) is 4.04. The van der Waals surface area contributed by atoms with Gasteiger partial charge in [0.05, 0.1) is 6.04 Å². The molecule has 0 bridgehead atoms. The predicted molar refractivity (Wildman–Crippen MR) is 83.0 cm³/mol. The third-order valence-corrected chi connectivity index (χ3v) is 4.39. The van der Waals surface area contributed by atoms with Gasteiger partial charge in [0.25, 0.3) is 0 Å². The molecule has 1 aromatic carbocycles. The summed E-state index contributed by atoms with van der Waals surface area (Å²) >= 11 is 6.15. The Hall–Kier alpha value is -1.55. The van der Waals surface area contributed by atoms with Gasteiger partial charge in [0.1, 0.15) is 0 Å². The minimum Gasteiger partial charge on any atom is -0.349 e. The molecule has 1 saturated heterocycles. The Balaban J connectivity index is 1.90. The molecule has 0 aliphatic carbocycles. The van der Waals surface area contributed by atoms with Crippen molar-refractivity contribution in [1.29, 1.82) is 0 Å². The Kier molecular flexibility index (Phi) is 5.23. The molecule has 1 N–H and O–H groups in total. The number of hydrogen-bond donors (Lipinski definition) is 1. The molecule has 1 unspecified atom stereocenters. The van der Waals surface area contributed by atoms with Crippen LogP contribution in [0.4, 0.5) is 0 Å². The number of rotatable bonds is 3. The number of amides is 2. The van der Waals surface area contributed by atoms with Gasteiger partial charge < -0.3 is 10.2 Å². The molecule has 1 heterocycles. The highest BCUT2D eigenvalue weighted by molar-refractivity contribution is 6.31. The topological polar surface area (TPSA) is 49.4 Å². The maximum absolute atomic E-state index is 12.3. The Morgan fingerprint density at radius 3 is 2.48 bits per heavy atom. The fourth-order valence-corrected chi connectivity index (χ4v) is 2.99. The molecule has 0 radical (unpaired) electrons. The molecule has 114 valence electrons. The van der Waals surface area contributed by atoms with Gasteiger partial charge >= 0.3 is 0 Å². The molecule has 0 saturated carbocycles. The number of likely N-dealkylation sites (tertiary alicyclic amines) is 1. The van der Waals surface area contributed by atoms with Gasteiger partial charge in [0.2, 0.25) is 11.8 Å². The zero-order valence-electron chi connectivity index (χ0n) is 12.4. The zero-order chi connectivity index (χ0) is 15.4. The summed E-state index contributed by atoms with van der Waals surface area (Å²) in [7, 11) is 0. The van der Waals surface area contributed by atoms with Gasteiger partial charge in [0.15, 0.2) is 0 Å². The molecule has 2 amide bonds. The highest BCUT2D eigenvalue weighted by atomic mass is 35.5. The number of piperidine rings is 1. The van der Waals surface area contributed by atoms with Crippen LogP contribution in [0.3, 0.4) is 0 Å². The second kappa shape index (κ2) is 6.94. The molecule has 0 spiro atoms. The molecule has 1 aliphatic rings. The summed E-state index contributed by atoms with van der Waals surface area (Å²) in [5.74, 6) is 0.106. The third kappa shape index (κ3) is 3.97. The average molecular weight is 309 g/mol. The molecule has 1 atom stereocenters. The first kappa shape index (κ1) is 15.8. The fourth-order valence-electron chi connectivity index (χ4n) is 2.69. The van der Waals surface area contributed by atoms with Crippen molar-refractivity contribution in [2.24, 2.45) is 5.92 Å². The number of benzene rings is 1. The van der Waals surface area contributed by atoms with Gasteiger partial charge in [-0.25, -0.2) is 0 Å². The summed E-state index contributed by atoms with van der Waals surface area (Å²) in [5.41, 5.74) is 0.925. The number of carbonyl (C=O) groups excluding carboxylic acids is 2. The molecule has 5 heteroatoms. The number of halogens is 1. The van der Waals surface area contributed by atoms with Gasteiger partial charge in [-0.1, -0.05) is 29.8 Å². The molecule has 1 aliphatic heterocycles. The first-order valence-electron chi connectivity index (χ1n) is 7.29. The van der Waals surface area contributed by atoms with Crippen molar-refractivity contribution in [2.75, 3.05) is 13.1 Å². The van der Waals surface area contributed by atoms with E-state index in [1.54, 1.807) is 11.8 Å². The summed E-state index contributed by atoms with van der Waals surface area (Å²) < 4.78 is 0. The normalized spacial score (nSPS) is 17.4. The lowest BCUT2D eigenvalue weighted by molar-refractivity contribution is -0.134. The van der Waals surface area contributed by atoms with Crippen LogP contribution in [0, 0.1) is 5.92 Å². The van der Waals surface area contributed by atoms with E-state index in [0.717, 1.165) is 18.4 Å². The van der Waals surface area contributed by atoms with Gasteiger partial charge in [0, 0.05) is 31.0 Å². The molecular formula is C16H21ClN2O2. The summed E-state index contributed by atoms with van der Waals surface area (Å²) in [6.07, 6.45) is 1.45. The second-order valence-corrected chi connectivity index (χ2v) is 5.94. The smallest absolute Gasteiger partial charge is 0.223 e. The van der Waals surface area contributed by atoms with Crippen molar-refractivity contribution in [3.63, 3.8) is 0 Å². The minimum atomic E-state index is -0.114. The molecule has 1 aromatic rings. The quantitative estimate of drug-likeness (QED) is 0.933. The highest BCUT2D eigenvalue weighted by Crippen LogP contribution is 2.24. The van der Waals surface area contributed by atoms with E-state index in [-0.39, 0.29) is 23.8 Å². The summed E-state index contributed by atoms with van der Waals surface area (Å²) in [6.45, 7) is 4.82. The number of nitrogens with one attached hydrogen (secondary N) is 1. The summed E-state index contributed by atoms with van der Waals surface area (Å²) in [5, 5.41) is 3.69. The van der Waals surface area contributed by atoms with E-state index in [1.165, 1.54) is 0 Å². The van der Waals surface area contributed by atoms with Crippen molar-refractivity contribution in [2.45, 2.75) is 32.7 Å². The standard InChI is InChI=1S/C16H21ClN2O2/c1-11(14-5-3-4-6-15(14)17)18-16(21)13-7-9-19(10-8-13)12(2)20/h3-6,11,13H,7-10H2,1-2H3,(H,18,21). The molecular weight excluding hydrogens is 288 g/mol. The van der Waals surface area contributed by atoms with Crippen LogP contribution in [0.1, 0.15) is 38.3 Å². The van der Waals surface area contributed by atoms with E-state index in [1.807, 2.05) is 31.2 Å². The zero-order valence-corrected chi connectivity index (χ0v) is 13.2. The Labute approximate surface area is 130 Å². The van der Waals surface area contributed by atoms with Crippen LogP contribution in [0.5, 0.6) is 0 Å². The monoisotopic (exact) mass is 308 g/mol. The van der Waals surface area contributed by atoms with Crippen molar-refractivity contribution >= 4 is 23.4 Å². The molecule has 4 nitrogen and oxygen atoms in total. The molecule has 21 heavy (non-hydrogen) atoms. The van der Waals surface area contributed by atoms with E-state index in [0.29, 0.717) is 18.1 Å². The second-order valence-electron chi connectivity index (χ2n) is 5.53. The number of nitrogens with zero attached hydrogens (tertiary/aromatic N) is 1. The van der Waals surface area contributed by atoms with Crippen LogP contribution in [-0.4, -0.2) is 29.8 Å². The van der Waals surface area contributed by atoms with E-state index < -0.39 is 0 Å². The van der Waals surface area contributed by atoms with Gasteiger partial charge in [-0.2, -0.15) is 0 Å². The maximum atomic E-state index is 12.3. The number of hydrogen-bond acceptors (Lipinski definition) is 2. The van der Waals surface area contributed by atoms with Crippen LogP contribution < -0.4 is 5.32 Å². The van der Waals surface area contributed by atoms with Crippen molar-refractivity contribution in [3.8, 4) is 0 Å². The average Bonchev–Trinajstić information content (AvgIpc) is 2.47. The van der Waals surface area contributed by atoms with Crippen LogP contribution >= 0.6 is 11.6 Å². The maximum Gasteiger partial charge on any atom is 0.223 e. The fraction of sp³-hybridized carbons (Fsp3) is 0.500. The predicted octanol–water partition coefficient (Wildman–Crippen LogP) is 2.78. The van der Waals surface area contributed by atoms with Gasteiger partial charge in [-0.3, -0.25) is 9.59 Å². The van der Waals surface area contributed by atoms with Crippen molar-refractivity contribution in [1.82, 2.24) is 10.2 Å². The first-order chi connectivity index (χ1) is 9.99. The van der Waals surface area contributed by atoms with E-state index in [9.17, 15) is 9.59 Å². The van der Waals surface area contributed by atoms with Crippen molar-refractivity contribution in [3.05, 3.63) is 34.9 Å². The molecule has 2 rings (SSSR count). The van der Waals surface area contributed by atoms with Crippen molar-refractivity contribution < 1.29 is 9.59 Å². The lowest BCUT2D eigenvalue weighted by atomic mass is 9.95.